The van der Waals surface area contributed by atoms with Gasteiger partial charge in [-0.1, -0.05) is 203 Å². The van der Waals surface area contributed by atoms with E-state index in [1.54, 1.807) is 0 Å². The predicted octanol–water partition coefficient (Wildman–Crippen LogP) is 13.0. The normalized spacial score (nSPS) is 15.7. The quantitative estimate of drug-likeness (QED) is 0.127. The summed E-state index contributed by atoms with van der Waals surface area (Å²) in [5.41, 5.74) is 21.2. The molecule has 14 rings (SSSR count). The predicted molar refractivity (Wildman–Crippen MR) is 295 cm³/mol. The zero-order chi connectivity index (χ0) is 46.9. The largest absolute Gasteiger partial charge is 0.311 e. The SMILES string of the molecule is CC(C)(C)c1cc2c3c(c1)N(c1ccccc1)c1cc4c(cc1B3c1ccccc1N2c1ccccc1)-c1ccccc1C41c2ccccc2-c2ccc(P(=O)(c3ccccc3)c3ccccc3)cc21. The second-order valence-corrected chi connectivity index (χ2v) is 23.1. The Bertz CT molecular complexity index is 3770. The fourth-order valence-corrected chi connectivity index (χ4v) is 15.3. The fourth-order valence-electron chi connectivity index (χ4n) is 12.6. The van der Waals surface area contributed by atoms with E-state index in [0.717, 1.165) is 27.3 Å². The Morgan fingerprint density at radius 3 is 1.44 bits per heavy atom. The molecule has 1 unspecified atom stereocenters. The maximum atomic E-state index is 16.3. The van der Waals surface area contributed by atoms with Gasteiger partial charge in [-0.25, -0.2) is 0 Å². The summed E-state index contributed by atoms with van der Waals surface area (Å²) in [5, 5.41) is 2.50. The number of hydrogen-bond acceptors (Lipinski definition) is 3. The number of para-hydroxylation sites is 3. The van der Waals surface area contributed by atoms with E-state index in [1.807, 2.05) is 60.7 Å². The summed E-state index contributed by atoms with van der Waals surface area (Å²) in [6.07, 6.45) is 0. The molecule has 2 heterocycles. The molecule has 1 spiro atoms. The van der Waals surface area contributed by atoms with E-state index in [1.165, 1.54) is 89.2 Å². The second-order valence-electron chi connectivity index (χ2n) is 20.3. The molecule has 0 aromatic heterocycles. The molecule has 0 saturated heterocycles. The smallest absolute Gasteiger partial charge is 0.252 e. The first-order chi connectivity index (χ1) is 34.3. The summed E-state index contributed by atoms with van der Waals surface area (Å²) in [6.45, 7) is 6.95. The van der Waals surface area contributed by atoms with Crippen LogP contribution in [0.1, 0.15) is 48.6 Å². The van der Waals surface area contributed by atoms with Crippen LogP contribution in [0.3, 0.4) is 0 Å². The molecule has 0 amide bonds. The minimum absolute atomic E-state index is 0.0449. The van der Waals surface area contributed by atoms with Crippen molar-refractivity contribution in [1.82, 2.24) is 0 Å². The van der Waals surface area contributed by atoms with Crippen molar-refractivity contribution in [3.8, 4) is 22.3 Å². The van der Waals surface area contributed by atoms with Crippen molar-refractivity contribution in [3.63, 3.8) is 0 Å². The molecule has 2 aliphatic carbocycles. The van der Waals surface area contributed by atoms with Crippen LogP contribution in [0.15, 0.2) is 237 Å². The Morgan fingerprint density at radius 2 is 0.857 bits per heavy atom. The zero-order valence-corrected chi connectivity index (χ0v) is 40.2. The van der Waals surface area contributed by atoms with Crippen molar-refractivity contribution >= 4 is 80.3 Å². The van der Waals surface area contributed by atoms with Gasteiger partial charge >= 0.3 is 0 Å². The Labute approximate surface area is 410 Å². The monoisotopic (exact) mass is 914 g/mol. The standard InChI is InChI=1S/C65H48BN2OP/c1-64(2,3)43-38-61-63-62(39-43)68(45-24-10-5-11-25-45)60-42-56-52(41-58(60)66(63)57-34-20-21-35-59(57)67(61)44-22-8-4-9-23-44)50-31-17-19-33-54(50)65(56)53-32-18-16-30-49(53)51-37-36-48(40-55(51)65)70(69,46-26-12-6-13-27-46)47-28-14-7-15-29-47/h4-42H,1-3H3. The maximum absolute atomic E-state index is 16.3. The molecule has 0 radical (unpaired) electrons. The minimum atomic E-state index is -3.34. The van der Waals surface area contributed by atoms with Crippen LogP contribution >= 0.6 is 7.14 Å². The van der Waals surface area contributed by atoms with Crippen molar-refractivity contribution in [2.24, 2.45) is 0 Å². The van der Waals surface area contributed by atoms with E-state index < -0.39 is 12.6 Å². The summed E-state index contributed by atoms with van der Waals surface area (Å²) in [5.74, 6) is 0. The Hall–Kier alpha value is -7.91. The summed E-state index contributed by atoms with van der Waals surface area (Å²) in [6, 6.07) is 86.0. The molecule has 10 aromatic carbocycles. The highest BCUT2D eigenvalue weighted by Gasteiger charge is 2.54. The van der Waals surface area contributed by atoms with Crippen LogP contribution in [0, 0.1) is 0 Å². The second kappa shape index (κ2) is 15.0. The molecular formula is C65H48BN2OP. The van der Waals surface area contributed by atoms with Crippen molar-refractivity contribution in [1.29, 1.82) is 0 Å². The van der Waals surface area contributed by atoms with Crippen LogP contribution in [0.4, 0.5) is 34.1 Å². The molecule has 0 N–H and O–H groups in total. The van der Waals surface area contributed by atoms with Crippen LogP contribution in [0.2, 0.25) is 0 Å². The molecule has 3 nitrogen and oxygen atoms in total. The lowest BCUT2D eigenvalue weighted by Crippen LogP contribution is -2.61. The molecule has 332 valence electrons. The molecule has 10 aromatic rings. The highest BCUT2D eigenvalue weighted by molar-refractivity contribution is 7.85. The average molecular weight is 915 g/mol. The van der Waals surface area contributed by atoms with Gasteiger partial charge in [-0.15, -0.1) is 0 Å². The van der Waals surface area contributed by atoms with E-state index in [9.17, 15) is 0 Å². The molecule has 0 saturated carbocycles. The molecule has 4 aliphatic rings. The lowest BCUT2D eigenvalue weighted by atomic mass is 9.33. The highest BCUT2D eigenvalue weighted by Crippen LogP contribution is 2.64. The summed E-state index contributed by atoms with van der Waals surface area (Å²) in [4.78, 5) is 5.06. The van der Waals surface area contributed by atoms with Crippen LogP contribution in [-0.2, 0) is 15.4 Å². The number of benzene rings is 10. The zero-order valence-electron chi connectivity index (χ0n) is 39.3. The van der Waals surface area contributed by atoms with Gasteiger partial charge in [0.25, 0.3) is 6.71 Å². The molecular weight excluding hydrogens is 867 g/mol. The lowest BCUT2D eigenvalue weighted by molar-refractivity contribution is 0.590. The van der Waals surface area contributed by atoms with Gasteiger partial charge < -0.3 is 14.4 Å². The third-order valence-electron chi connectivity index (χ3n) is 15.7. The molecule has 0 fully saturated rings. The van der Waals surface area contributed by atoms with E-state index in [2.05, 4.69) is 206 Å². The van der Waals surface area contributed by atoms with Gasteiger partial charge in [0.1, 0.15) is 0 Å². The topological polar surface area (TPSA) is 23.6 Å². The molecule has 70 heavy (non-hydrogen) atoms. The Kier molecular flexibility index (Phi) is 8.83. The lowest BCUT2D eigenvalue weighted by Gasteiger charge is -2.45. The van der Waals surface area contributed by atoms with Crippen molar-refractivity contribution in [2.75, 3.05) is 9.80 Å². The number of rotatable bonds is 5. The van der Waals surface area contributed by atoms with Gasteiger partial charge in [0.15, 0.2) is 7.14 Å². The van der Waals surface area contributed by atoms with Crippen molar-refractivity contribution < 1.29 is 4.57 Å². The van der Waals surface area contributed by atoms with Gasteiger partial charge in [0.2, 0.25) is 0 Å². The number of nitrogens with zero attached hydrogens (tertiary/aromatic N) is 2. The van der Waals surface area contributed by atoms with Crippen molar-refractivity contribution in [3.05, 3.63) is 264 Å². The average Bonchev–Trinajstić information content (AvgIpc) is 3.87. The van der Waals surface area contributed by atoms with Crippen molar-refractivity contribution in [2.45, 2.75) is 31.6 Å². The summed E-state index contributed by atoms with van der Waals surface area (Å²) < 4.78 is 16.3. The van der Waals surface area contributed by atoms with E-state index in [-0.39, 0.29) is 12.1 Å². The van der Waals surface area contributed by atoms with Gasteiger partial charge in [-0.3, -0.25) is 0 Å². The fraction of sp³-hybridized carbons (Fsp3) is 0.0769. The van der Waals surface area contributed by atoms with E-state index in [0.29, 0.717) is 0 Å². The Morgan fingerprint density at radius 1 is 0.386 bits per heavy atom. The maximum Gasteiger partial charge on any atom is 0.252 e. The molecule has 1 atom stereocenters. The first kappa shape index (κ1) is 41.1. The van der Waals surface area contributed by atoms with E-state index in [4.69, 9.17) is 0 Å². The van der Waals surface area contributed by atoms with Gasteiger partial charge in [-0.2, -0.15) is 0 Å². The van der Waals surface area contributed by atoms with Gasteiger partial charge in [-0.05, 0) is 126 Å². The van der Waals surface area contributed by atoms with E-state index >= 15 is 4.57 Å². The molecule has 2 aliphatic heterocycles. The van der Waals surface area contributed by atoms with Gasteiger partial charge in [0.05, 0.1) is 5.41 Å². The number of fused-ring (bicyclic) bond motifs is 14. The van der Waals surface area contributed by atoms with Crippen LogP contribution < -0.4 is 42.1 Å². The Balaban J connectivity index is 1.10. The molecule has 5 heteroatoms. The third kappa shape index (κ3) is 5.57. The summed E-state index contributed by atoms with van der Waals surface area (Å²) >= 11 is 0. The third-order valence-corrected chi connectivity index (χ3v) is 18.7. The summed E-state index contributed by atoms with van der Waals surface area (Å²) in [7, 11) is -3.34. The van der Waals surface area contributed by atoms with Crippen LogP contribution in [-0.4, -0.2) is 6.71 Å². The van der Waals surface area contributed by atoms with Gasteiger partial charge in [0, 0.05) is 50.0 Å². The highest BCUT2D eigenvalue weighted by atomic mass is 31.2. The first-order valence-electron chi connectivity index (χ1n) is 24.5. The minimum Gasteiger partial charge on any atom is -0.311 e. The molecule has 0 bridgehead atoms. The number of anilines is 6. The number of hydrogen-bond donors (Lipinski definition) is 0. The van der Waals surface area contributed by atoms with Crippen LogP contribution in [0.5, 0.6) is 0 Å². The first-order valence-corrected chi connectivity index (χ1v) is 26.2. The van der Waals surface area contributed by atoms with Crippen LogP contribution in [0.25, 0.3) is 22.3 Å².